The van der Waals surface area contributed by atoms with E-state index in [0.29, 0.717) is 36.5 Å². The van der Waals surface area contributed by atoms with Crippen molar-refractivity contribution in [2.75, 3.05) is 26.7 Å². The van der Waals surface area contributed by atoms with E-state index in [0.717, 1.165) is 17.7 Å². The van der Waals surface area contributed by atoms with Gasteiger partial charge in [0, 0.05) is 56.1 Å². The quantitative estimate of drug-likeness (QED) is 0.503. The van der Waals surface area contributed by atoms with Crippen LogP contribution in [0.5, 0.6) is 5.88 Å². The highest BCUT2D eigenvalue weighted by Crippen LogP contribution is 2.27. The van der Waals surface area contributed by atoms with Crippen LogP contribution < -0.4 is 4.74 Å². The van der Waals surface area contributed by atoms with Crippen LogP contribution in [0.2, 0.25) is 0 Å². The van der Waals surface area contributed by atoms with E-state index in [1.807, 2.05) is 62.6 Å². The average molecular weight is 499 g/mol. The Labute approximate surface area is 219 Å². The minimum Gasteiger partial charge on any atom is -0.472 e. The number of hydrogen-bond acceptors (Lipinski definition) is 6. The highest BCUT2D eigenvalue weighted by atomic mass is 16.5. The van der Waals surface area contributed by atoms with Gasteiger partial charge in [0.1, 0.15) is 11.7 Å². The van der Waals surface area contributed by atoms with E-state index in [2.05, 4.69) is 33.6 Å². The molecular formula is C30H34N4O3. The number of aliphatic hydroxyl groups is 1. The maximum Gasteiger partial charge on any atom is 0.259 e. The maximum absolute atomic E-state index is 13.6. The molecule has 37 heavy (non-hydrogen) atoms. The monoisotopic (exact) mass is 498 g/mol. The average Bonchev–Trinajstić information content (AvgIpc) is 2.91. The van der Waals surface area contributed by atoms with Gasteiger partial charge in [0.2, 0.25) is 5.88 Å². The zero-order valence-corrected chi connectivity index (χ0v) is 21.7. The number of amides is 1. The second-order valence-electron chi connectivity index (χ2n) is 9.72. The maximum atomic E-state index is 13.6. The molecule has 1 N–H and O–H groups in total. The first kappa shape index (κ1) is 26.3. The second kappa shape index (κ2) is 12.5. The Morgan fingerprint density at radius 3 is 2.70 bits per heavy atom. The van der Waals surface area contributed by atoms with Gasteiger partial charge < -0.3 is 14.7 Å². The summed E-state index contributed by atoms with van der Waals surface area (Å²) in [7, 11) is 2.04. The number of rotatable bonds is 7. The fraction of sp³-hybridized carbons (Fsp3) is 0.367. The number of likely N-dealkylation sites (N-methyl/N-ethyl adjacent to an activating group) is 1. The lowest BCUT2D eigenvalue weighted by atomic mass is 9.99. The molecule has 2 aromatic heterocycles. The molecule has 7 heteroatoms. The fourth-order valence-electron chi connectivity index (χ4n) is 4.41. The van der Waals surface area contributed by atoms with Crippen molar-refractivity contribution < 1.29 is 14.6 Å². The van der Waals surface area contributed by atoms with E-state index in [-0.39, 0.29) is 30.6 Å². The number of carbonyl (C=O) groups is 1. The van der Waals surface area contributed by atoms with Crippen LogP contribution in [0.25, 0.3) is 0 Å². The number of pyridine rings is 2. The molecule has 192 valence electrons. The van der Waals surface area contributed by atoms with E-state index < -0.39 is 0 Å². The number of hydrogen-bond donors (Lipinski definition) is 1. The van der Waals surface area contributed by atoms with Crippen molar-refractivity contribution in [1.82, 2.24) is 19.8 Å². The lowest BCUT2D eigenvalue weighted by molar-refractivity contribution is 0.0325. The highest BCUT2D eigenvalue weighted by molar-refractivity contribution is 5.97. The Bertz CT molecular complexity index is 1240. The summed E-state index contributed by atoms with van der Waals surface area (Å²) >= 11 is 0. The third kappa shape index (κ3) is 6.94. The Hall–Kier alpha value is -3.73. The van der Waals surface area contributed by atoms with Gasteiger partial charge in [0.15, 0.2) is 0 Å². The smallest absolute Gasteiger partial charge is 0.259 e. The van der Waals surface area contributed by atoms with Gasteiger partial charge in [-0.3, -0.25) is 14.7 Å². The molecule has 0 radical (unpaired) electrons. The van der Waals surface area contributed by atoms with Crippen LogP contribution in [-0.4, -0.2) is 69.7 Å². The summed E-state index contributed by atoms with van der Waals surface area (Å²) in [6, 6.07) is 15.4. The number of carbonyl (C=O) groups excluding carboxylic acids is 1. The lowest BCUT2D eigenvalue weighted by Crippen LogP contribution is -2.49. The predicted octanol–water partition coefficient (Wildman–Crippen LogP) is 3.42. The van der Waals surface area contributed by atoms with Gasteiger partial charge in [-0.1, -0.05) is 55.2 Å². The van der Waals surface area contributed by atoms with Crippen molar-refractivity contribution in [3.8, 4) is 17.7 Å². The van der Waals surface area contributed by atoms with E-state index >= 15 is 0 Å². The minimum atomic E-state index is -0.331. The number of fused-ring (bicyclic) bond motifs is 1. The molecule has 1 aromatic carbocycles. The Kier molecular flexibility index (Phi) is 8.89. The third-order valence-corrected chi connectivity index (χ3v) is 6.56. The number of aromatic nitrogens is 2. The molecule has 0 saturated carbocycles. The molecule has 3 aromatic rings. The minimum absolute atomic E-state index is 0.0228. The van der Waals surface area contributed by atoms with Crippen LogP contribution in [-0.2, 0) is 13.0 Å². The van der Waals surface area contributed by atoms with Crippen molar-refractivity contribution in [2.24, 2.45) is 5.92 Å². The van der Waals surface area contributed by atoms with E-state index in [1.54, 1.807) is 23.4 Å². The first-order chi connectivity index (χ1) is 17.9. The highest BCUT2D eigenvalue weighted by Gasteiger charge is 2.34. The first-order valence-corrected chi connectivity index (χ1v) is 12.6. The summed E-state index contributed by atoms with van der Waals surface area (Å²) < 4.78 is 6.39. The molecule has 1 aliphatic heterocycles. The number of ether oxygens (including phenoxy) is 1. The number of aliphatic hydroxyl groups excluding tert-OH is 1. The summed E-state index contributed by atoms with van der Waals surface area (Å²) in [4.78, 5) is 26.2. The summed E-state index contributed by atoms with van der Waals surface area (Å²) in [5.41, 5.74) is 3.27. The molecule has 0 unspecified atom stereocenters. The van der Waals surface area contributed by atoms with Gasteiger partial charge in [-0.25, -0.2) is 4.98 Å². The van der Waals surface area contributed by atoms with Crippen LogP contribution in [0, 0.1) is 17.8 Å². The molecule has 0 spiro atoms. The van der Waals surface area contributed by atoms with Gasteiger partial charge in [-0.05, 0) is 37.2 Å². The molecule has 7 nitrogen and oxygen atoms in total. The molecule has 1 aliphatic rings. The SMILES string of the molecule is C[C@@H]1CN([C@@H](C)CO)C(=O)c2cc(C#CCc3ccccc3)cnc2O[C@H]1CN(C)Cc1cccnc1. The molecule has 4 rings (SSSR count). The van der Waals surface area contributed by atoms with Gasteiger partial charge in [0.25, 0.3) is 5.91 Å². The first-order valence-electron chi connectivity index (χ1n) is 12.6. The molecule has 3 atom stereocenters. The molecule has 0 saturated heterocycles. The molecule has 0 bridgehead atoms. The van der Waals surface area contributed by atoms with E-state index in [4.69, 9.17) is 4.74 Å². The normalized spacial score (nSPS) is 18.2. The fourth-order valence-corrected chi connectivity index (χ4v) is 4.41. The predicted molar refractivity (Wildman–Crippen MR) is 143 cm³/mol. The van der Waals surface area contributed by atoms with Crippen LogP contribution in [0.4, 0.5) is 0 Å². The van der Waals surface area contributed by atoms with Crippen molar-refractivity contribution in [3.05, 3.63) is 89.4 Å². The summed E-state index contributed by atoms with van der Waals surface area (Å²) in [5, 5.41) is 9.88. The molecule has 0 aliphatic carbocycles. The van der Waals surface area contributed by atoms with Gasteiger partial charge in [-0.2, -0.15) is 0 Å². The molecule has 3 heterocycles. The van der Waals surface area contributed by atoms with Crippen LogP contribution in [0.1, 0.15) is 40.9 Å². The zero-order valence-electron chi connectivity index (χ0n) is 21.7. The number of nitrogens with zero attached hydrogens (tertiary/aromatic N) is 4. The van der Waals surface area contributed by atoms with Crippen molar-refractivity contribution >= 4 is 5.91 Å². The Morgan fingerprint density at radius 2 is 1.97 bits per heavy atom. The standard InChI is InChI=1S/C30H34N4O3/c1-22-18-34(23(2)21-35)30(36)27-15-25(12-7-11-24-9-5-4-6-10-24)17-32-29(27)37-28(22)20-33(3)19-26-13-8-14-31-16-26/h4-6,8-10,13-17,22-23,28,35H,11,18-21H2,1-3H3/t22-,23+,28+/m1/s1. The molecular weight excluding hydrogens is 464 g/mol. The van der Waals surface area contributed by atoms with Gasteiger partial charge >= 0.3 is 0 Å². The summed E-state index contributed by atoms with van der Waals surface area (Å²) in [6.45, 7) is 5.64. The summed E-state index contributed by atoms with van der Waals surface area (Å²) in [5.74, 6) is 6.43. The third-order valence-electron chi connectivity index (χ3n) is 6.56. The Morgan fingerprint density at radius 1 is 1.19 bits per heavy atom. The topological polar surface area (TPSA) is 78.8 Å². The van der Waals surface area contributed by atoms with Crippen molar-refractivity contribution in [2.45, 2.75) is 39.0 Å². The van der Waals surface area contributed by atoms with Gasteiger partial charge in [-0.15, -0.1) is 0 Å². The van der Waals surface area contributed by atoms with Crippen LogP contribution >= 0.6 is 0 Å². The zero-order chi connectivity index (χ0) is 26.2. The molecule has 0 fully saturated rings. The second-order valence-corrected chi connectivity index (χ2v) is 9.72. The van der Waals surface area contributed by atoms with E-state index in [9.17, 15) is 9.90 Å². The molecule has 1 amide bonds. The largest absolute Gasteiger partial charge is 0.472 e. The number of benzene rings is 1. The van der Waals surface area contributed by atoms with E-state index in [1.165, 1.54) is 0 Å². The van der Waals surface area contributed by atoms with Gasteiger partial charge in [0.05, 0.1) is 12.6 Å². The van der Waals surface area contributed by atoms with Crippen molar-refractivity contribution in [1.29, 1.82) is 0 Å². The summed E-state index contributed by atoms with van der Waals surface area (Å²) in [6.07, 6.45) is 5.69. The van der Waals surface area contributed by atoms with Crippen molar-refractivity contribution in [3.63, 3.8) is 0 Å². The van der Waals surface area contributed by atoms with Crippen LogP contribution in [0.15, 0.2) is 67.1 Å². The van der Waals surface area contributed by atoms with Crippen LogP contribution in [0.3, 0.4) is 0 Å². The Balaban J connectivity index is 1.59. The lowest BCUT2D eigenvalue weighted by Gasteiger charge is -2.37.